The van der Waals surface area contributed by atoms with E-state index in [1.165, 1.54) is 31.0 Å². The van der Waals surface area contributed by atoms with Gasteiger partial charge in [0.05, 0.1) is 6.54 Å². The van der Waals surface area contributed by atoms with Crippen LogP contribution in [-0.4, -0.2) is 44.7 Å². The molecule has 0 spiro atoms. The van der Waals surface area contributed by atoms with E-state index in [1.54, 1.807) is 0 Å². The Balaban J connectivity index is 1.47. The van der Waals surface area contributed by atoms with Crippen molar-refractivity contribution >= 4 is 17.7 Å². The molecule has 32 heavy (non-hydrogen) atoms. The highest BCUT2D eigenvalue weighted by molar-refractivity contribution is 8.00. The van der Waals surface area contributed by atoms with E-state index >= 15 is 0 Å². The zero-order valence-electron chi connectivity index (χ0n) is 18.2. The van der Waals surface area contributed by atoms with Gasteiger partial charge in [0.2, 0.25) is 5.91 Å². The van der Waals surface area contributed by atoms with E-state index in [2.05, 4.69) is 37.1 Å². The first-order valence-electron chi connectivity index (χ1n) is 11.5. The average molecular weight is 448 g/mol. The summed E-state index contributed by atoms with van der Waals surface area (Å²) < 4.78 is 2.12. The summed E-state index contributed by atoms with van der Waals surface area (Å²) in [5, 5.41) is 12.7. The molecule has 1 amide bonds. The Morgan fingerprint density at radius 2 is 1.66 bits per heavy atom. The molecule has 2 aliphatic rings. The van der Waals surface area contributed by atoms with E-state index in [1.807, 2.05) is 48.5 Å². The number of aromatic nitrogens is 3. The number of thioether (sulfide) groups is 1. The zero-order valence-corrected chi connectivity index (χ0v) is 19.0. The number of nitrogens with one attached hydrogen (secondary N) is 1. The summed E-state index contributed by atoms with van der Waals surface area (Å²) in [4.78, 5) is 15.6. The summed E-state index contributed by atoms with van der Waals surface area (Å²) in [6, 6.07) is 20.5. The van der Waals surface area contributed by atoms with Crippen molar-refractivity contribution in [1.82, 2.24) is 25.0 Å². The zero-order chi connectivity index (χ0) is 21.8. The van der Waals surface area contributed by atoms with Gasteiger partial charge in [-0.05, 0) is 56.5 Å². The van der Waals surface area contributed by atoms with Crippen LogP contribution in [0, 0.1) is 0 Å². The second-order valence-electron chi connectivity index (χ2n) is 8.60. The molecule has 0 bridgehead atoms. The quantitative estimate of drug-likeness (QED) is 0.520. The van der Waals surface area contributed by atoms with E-state index in [-0.39, 0.29) is 11.2 Å². The van der Waals surface area contributed by atoms with Crippen molar-refractivity contribution in [2.75, 3.05) is 13.1 Å². The summed E-state index contributed by atoms with van der Waals surface area (Å²) in [6.07, 6.45) is 5.91. The minimum absolute atomic E-state index is 0.0453. The highest BCUT2D eigenvalue weighted by Crippen LogP contribution is 2.37. The van der Waals surface area contributed by atoms with Crippen LogP contribution >= 0.6 is 11.8 Å². The van der Waals surface area contributed by atoms with Crippen LogP contribution in [0.25, 0.3) is 5.69 Å². The molecule has 1 N–H and O–H groups in total. The summed E-state index contributed by atoms with van der Waals surface area (Å²) in [5.74, 6) is 0.971. The summed E-state index contributed by atoms with van der Waals surface area (Å²) >= 11 is 1.48. The third-order valence-electron chi connectivity index (χ3n) is 6.02. The average Bonchev–Trinajstić information content (AvgIpc) is 3.57. The van der Waals surface area contributed by atoms with Crippen LogP contribution in [0.3, 0.4) is 0 Å². The summed E-state index contributed by atoms with van der Waals surface area (Å²) in [6.45, 7) is 2.97. The molecule has 1 aromatic heterocycles. The van der Waals surface area contributed by atoms with Gasteiger partial charge in [-0.3, -0.25) is 14.3 Å². The van der Waals surface area contributed by atoms with E-state index in [0.717, 1.165) is 54.7 Å². The summed E-state index contributed by atoms with van der Waals surface area (Å²) in [5.41, 5.74) is 2.01. The van der Waals surface area contributed by atoms with Crippen LogP contribution in [0.1, 0.15) is 48.7 Å². The number of likely N-dealkylation sites (tertiary alicyclic amines) is 1. The van der Waals surface area contributed by atoms with E-state index < -0.39 is 0 Å². The van der Waals surface area contributed by atoms with Crippen LogP contribution in [-0.2, 0) is 11.3 Å². The van der Waals surface area contributed by atoms with E-state index in [4.69, 9.17) is 0 Å². The number of rotatable bonds is 8. The highest BCUT2D eigenvalue weighted by Gasteiger charge is 2.31. The van der Waals surface area contributed by atoms with Gasteiger partial charge in [-0.15, -0.1) is 10.2 Å². The first-order chi connectivity index (χ1) is 15.8. The number of hydrogen-bond donors (Lipinski definition) is 1. The lowest BCUT2D eigenvalue weighted by Gasteiger charge is -2.26. The van der Waals surface area contributed by atoms with Crippen molar-refractivity contribution in [1.29, 1.82) is 0 Å². The Kier molecular flexibility index (Phi) is 6.55. The Hall–Kier alpha value is -2.64. The maximum atomic E-state index is 13.2. The van der Waals surface area contributed by atoms with Gasteiger partial charge in [0.25, 0.3) is 0 Å². The SMILES string of the molecule is O=C(NC1CC1)[C@@H](Sc1nnc(CN2CCCCC2)n1-c1ccccc1)c1ccccc1. The molecule has 0 unspecified atom stereocenters. The van der Waals surface area contributed by atoms with Gasteiger partial charge >= 0.3 is 0 Å². The molecule has 3 aromatic rings. The van der Waals surface area contributed by atoms with Gasteiger partial charge in [0.15, 0.2) is 11.0 Å². The Morgan fingerprint density at radius 3 is 2.34 bits per heavy atom. The maximum absolute atomic E-state index is 13.2. The molecule has 0 radical (unpaired) electrons. The van der Waals surface area contributed by atoms with Gasteiger partial charge in [-0.1, -0.05) is 66.7 Å². The lowest BCUT2D eigenvalue weighted by Crippen LogP contribution is -2.30. The minimum Gasteiger partial charge on any atom is -0.352 e. The largest absolute Gasteiger partial charge is 0.352 e. The number of amides is 1. The number of piperidine rings is 1. The molecule has 1 aliphatic carbocycles. The molecule has 1 aliphatic heterocycles. The standard InChI is InChI=1S/C25H29N5OS/c31-24(26-20-14-15-20)23(19-10-4-1-5-11-19)32-25-28-27-22(18-29-16-8-3-9-17-29)30(25)21-12-6-2-7-13-21/h1-2,4-7,10-13,20,23H,3,8-9,14-18H2,(H,26,31)/t23-/m0/s1. The fraction of sp³-hybridized carbons (Fsp3) is 0.400. The Labute approximate surface area is 193 Å². The third-order valence-corrected chi connectivity index (χ3v) is 7.21. The first kappa shape index (κ1) is 21.2. The van der Waals surface area contributed by atoms with Gasteiger partial charge in [-0.25, -0.2) is 0 Å². The van der Waals surface area contributed by atoms with Crippen LogP contribution < -0.4 is 5.32 Å². The van der Waals surface area contributed by atoms with Crippen molar-refractivity contribution in [3.8, 4) is 5.69 Å². The van der Waals surface area contributed by atoms with Crippen LogP contribution in [0.5, 0.6) is 0 Å². The van der Waals surface area contributed by atoms with E-state index in [9.17, 15) is 4.79 Å². The van der Waals surface area contributed by atoms with Crippen molar-refractivity contribution in [3.63, 3.8) is 0 Å². The Bertz CT molecular complexity index is 1030. The second kappa shape index (κ2) is 9.88. The van der Waals surface area contributed by atoms with Crippen LogP contribution in [0.4, 0.5) is 0 Å². The molecule has 1 saturated carbocycles. The molecule has 1 atom stereocenters. The molecule has 2 heterocycles. The third kappa shape index (κ3) is 5.05. The van der Waals surface area contributed by atoms with E-state index in [0.29, 0.717) is 6.04 Å². The van der Waals surface area contributed by atoms with Crippen molar-refractivity contribution < 1.29 is 4.79 Å². The molecule has 6 nitrogen and oxygen atoms in total. The number of carbonyl (C=O) groups excluding carboxylic acids is 1. The van der Waals surface area contributed by atoms with Gasteiger partial charge < -0.3 is 5.32 Å². The van der Waals surface area contributed by atoms with Gasteiger partial charge in [0.1, 0.15) is 5.25 Å². The lowest BCUT2D eigenvalue weighted by molar-refractivity contribution is -0.120. The molecule has 1 saturated heterocycles. The number of nitrogens with zero attached hydrogens (tertiary/aromatic N) is 4. The van der Waals surface area contributed by atoms with Crippen molar-refractivity contribution in [2.24, 2.45) is 0 Å². The second-order valence-corrected chi connectivity index (χ2v) is 9.67. The smallest absolute Gasteiger partial charge is 0.238 e. The first-order valence-corrected chi connectivity index (χ1v) is 12.4. The van der Waals surface area contributed by atoms with Crippen LogP contribution in [0.2, 0.25) is 0 Å². The lowest BCUT2D eigenvalue weighted by atomic mass is 10.1. The van der Waals surface area contributed by atoms with Crippen molar-refractivity contribution in [3.05, 3.63) is 72.1 Å². The van der Waals surface area contributed by atoms with Crippen molar-refractivity contribution in [2.45, 2.75) is 55.1 Å². The molecular weight excluding hydrogens is 418 g/mol. The predicted octanol–water partition coefficient (Wildman–Crippen LogP) is 4.37. The Morgan fingerprint density at radius 1 is 0.969 bits per heavy atom. The monoisotopic (exact) mass is 447 g/mol. The number of carbonyl (C=O) groups is 1. The number of hydrogen-bond acceptors (Lipinski definition) is 5. The fourth-order valence-electron chi connectivity index (χ4n) is 4.14. The fourth-order valence-corrected chi connectivity index (χ4v) is 5.23. The number of benzene rings is 2. The summed E-state index contributed by atoms with van der Waals surface area (Å²) in [7, 11) is 0. The molecular formula is C25H29N5OS. The molecule has 166 valence electrons. The molecule has 7 heteroatoms. The minimum atomic E-state index is -0.369. The molecule has 5 rings (SSSR count). The number of para-hydroxylation sites is 1. The molecule has 2 fully saturated rings. The normalized spacial score (nSPS) is 17.8. The molecule has 2 aromatic carbocycles. The highest BCUT2D eigenvalue weighted by atomic mass is 32.2. The van der Waals surface area contributed by atoms with Gasteiger partial charge in [0, 0.05) is 11.7 Å². The topological polar surface area (TPSA) is 63.1 Å². The van der Waals surface area contributed by atoms with Crippen LogP contribution in [0.15, 0.2) is 65.8 Å². The maximum Gasteiger partial charge on any atom is 0.238 e. The predicted molar refractivity (Wildman–Crippen MR) is 127 cm³/mol. The van der Waals surface area contributed by atoms with Gasteiger partial charge in [-0.2, -0.15) is 0 Å².